The molecule has 1 aromatic heterocycles. The topological polar surface area (TPSA) is 65.1 Å². The van der Waals surface area contributed by atoms with Gasteiger partial charge in [0.1, 0.15) is 0 Å². The number of likely N-dealkylation sites (tertiary alicyclic amines) is 1. The van der Waals surface area contributed by atoms with E-state index in [0.29, 0.717) is 13.0 Å². The molecule has 2 heterocycles. The zero-order valence-electron chi connectivity index (χ0n) is 12.7. The maximum absolute atomic E-state index is 12.4. The van der Waals surface area contributed by atoms with Crippen molar-refractivity contribution in [3.8, 4) is 0 Å². The minimum Gasteiger partial charge on any atom is -0.667 e. The Kier molecular flexibility index (Phi) is 5.07. The van der Waals surface area contributed by atoms with Crippen LogP contribution in [0.15, 0.2) is 30.6 Å². The Morgan fingerprint density at radius 3 is 2.57 bits per heavy atom. The van der Waals surface area contributed by atoms with Crippen LogP contribution in [0, 0.1) is 5.92 Å². The molecule has 0 radical (unpaired) electrons. The highest BCUT2D eigenvalue weighted by molar-refractivity contribution is 5.91. The Bertz CT molecular complexity index is 502. The molecule has 1 N–H and O–H groups in total. The van der Waals surface area contributed by atoms with Gasteiger partial charge in [0.25, 0.3) is 0 Å². The summed E-state index contributed by atoms with van der Waals surface area (Å²) in [5.74, 6) is -0.190. The third-order valence-corrected chi connectivity index (χ3v) is 3.96. The first-order chi connectivity index (χ1) is 10.0. The Morgan fingerprint density at radius 2 is 1.95 bits per heavy atom. The molecule has 21 heavy (non-hydrogen) atoms. The van der Waals surface area contributed by atoms with E-state index in [0.717, 1.165) is 6.42 Å². The van der Waals surface area contributed by atoms with Crippen molar-refractivity contribution in [3.63, 3.8) is 0 Å². The Morgan fingerprint density at radius 1 is 1.29 bits per heavy atom. The molecule has 1 aromatic rings. The molecule has 2 atom stereocenters. The van der Waals surface area contributed by atoms with Gasteiger partial charge in [-0.25, -0.2) is 0 Å². The highest BCUT2D eigenvalue weighted by atomic mass is 16.2. The quantitative estimate of drug-likeness (QED) is 0.773. The van der Waals surface area contributed by atoms with E-state index in [4.69, 9.17) is 5.73 Å². The van der Waals surface area contributed by atoms with Crippen LogP contribution in [0.5, 0.6) is 0 Å². The van der Waals surface area contributed by atoms with Crippen LogP contribution >= 0.6 is 0 Å². The maximum atomic E-state index is 12.4. The van der Waals surface area contributed by atoms with Crippen molar-refractivity contribution in [2.24, 2.45) is 5.92 Å². The second-order valence-electron chi connectivity index (χ2n) is 5.93. The van der Waals surface area contributed by atoms with Gasteiger partial charge >= 0.3 is 0 Å². The molecule has 1 amide bonds. The van der Waals surface area contributed by atoms with Crippen LogP contribution < -0.4 is 4.57 Å². The first-order valence-corrected chi connectivity index (χ1v) is 7.49. The van der Waals surface area contributed by atoms with Crippen LogP contribution in [0.4, 0.5) is 0 Å². The molecule has 0 aliphatic carbocycles. The Labute approximate surface area is 125 Å². The van der Waals surface area contributed by atoms with E-state index in [9.17, 15) is 9.59 Å². The van der Waals surface area contributed by atoms with Crippen molar-refractivity contribution < 1.29 is 14.2 Å². The van der Waals surface area contributed by atoms with Gasteiger partial charge in [-0.05, 0) is 12.8 Å². The Hall–Kier alpha value is -1.75. The van der Waals surface area contributed by atoms with Crippen molar-refractivity contribution in [3.05, 3.63) is 36.3 Å². The molecule has 2 rings (SSSR count). The number of rotatable bonds is 5. The van der Waals surface area contributed by atoms with E-state index >= 15 is 0 Å². The first-order valence-electron chi connectivity index (χ1n) is 7.49. The van der Waals surface area contributed by atoms with Gasteiger partial charge < -0.3 is 10.6 Å². The molecular weight excluding hydrogens is 266 g/mol. The summed E-state index contributed by atoms with van der Waals surface area (Å²) in [5, 5.41) is 0. The van der Waals surface area contributed by atoms with Gasteiger partial charge in [-0.15, -0.1) is 0 Å². The number of carbonyl (C=O) groups is 2. The lowest BCUT2D eigenvalue weighted by atomic mass is 10.0. The van der Waals surface area contributed by atoms with Crippen LogP contribution in [0.1, 0.15) is 26.7 Å². The number of nitrogens with one attached hydrogen (secondary N) is 1. The lowest BCUT2D eigenvalue weighted by Gasteiger charge is -2.32. The third-order valence-electron chi connectivity index (χ3n) is 3.96. The molecule has 5 nitrogen and oxygen atoms in total. The lowest BCUT2D eigenvalue weighted by Crippen LogP contribution is -2.49. The van der Waals surface area contributed by atoms with Crippen LogP contribution in [-0.2, 0) is 16.1 Å². The third kappa shape index (κ3) is 3.67. The van der Waals surface area contributed by atoms with Gasteiger partial charge in [-0.2, -0.15) is 4.57 Å². The van der Waals surface area contributed by atoms with Crippen molar-refractivity contribution in [1.82, 2.24) is 4.90 Å². The van der Waals surface area contributed by atoms with Crippen molar-refractivity contribution in [2.75, 3.05) is 6.54 Å². The van der Waals surface area contributed by atoms with Crippen molar-refractivity contribution >= 4 is 11.7 Å². The predicted molar refractivity (Wildman–Crippen MR) is 79.3 cm³/mol. The van der Waals surface area contributed by atoms with E-state index < -0.39 is 6.04 Å². The van der Waals surface area contributed by atoms with Crippen LogP contribution in [0.25, 0.3) is 5.73 Å². The van der Waals surface area contributed by atoms with Gasteiger partial charge in [-0.3, -0.25) is 9.59 Å². The Balaban J connectivity index is 2.04. The van der Waals surface area contributed by atoms with Gasteiger partial charge in [0.15, 0.2) is 12.4 Å². The summed E-state index contributed by atoms with van der Waals surface area (Å²) in [4.78, 5) is 26.4. The fraction of sp³-hybridized carbons (Fsp3) is 0.562. The van der Waals surface area contributed by atoms with E-state index in [1.54, 1.807) is 4.90 Å². The number of aromatic nitrogens is 1. The van der Waals surface area contributed by atoms with E-state index in [-0.39, 0.29) is 30.2 Å². The van der Waals surface area contributed by atoms with Gasteiger partial charge in [-0.1, -0.05) is 31.9 Å². The molecule has 1 aliphatic rings. The molecule has 0 spiro atoms. The molecule has 1 fully saturated rings. The highest BCUT2D eigenvalue weighted by Gasteiger charge is 2.36. The van der Waals surface area contributed by atoms with Gasteiger partial charge in [0.2, 0.25) is 18.2 Å². The minimum atomic E-state index is -0.775. The van der Waals surface area contributed by atoms with E-state index in [2.05, 4.69) is 0 Å². The fourth-order valence-corrected chi connectivity index (χ4v) is 2.65. The summed E-state index contributed by atoms with van der Waals surface area (Å²) < 4.78 is 1.82. The number of Topliss-reactive ketones (excluding diaryl/α,β-unsaturated/α-hetero) is 1. The average Bonchev–Trinajstić information content (AvgIpc) is 2.96. The smallest absolute Gasteiger partial charge is 0.219 e. The minimum absolute atomic E-state index is 0.0302. The van der Waals surface area contributed by atoms with Crippen LogP contribution in [-0.4, -0.2) is 35.2 Å². The van der Waals surface area contributed by atoms with Crippen molar-refractivity contribution in [1.29, 1.82) is 0 Å². The summed E-state index contributed by atoms with van der Waals surface area (Å²) in [6, 6.07) is 4.52. The summed E-state index contributed by atoms with van der Waals surface area (Å²) >= 11 is 0. The molecule has 0 bridgehead atoms. The SMILES string of the molecule is CC(C)[C@H]([NH-])C(=O)N1CCC[C@H]1C(=O)C[n+]1ccccc1. The lowest BCUT2D eigenvalue weighted by molar-refractivity contribution is -0.684. The predicted octanol–water partition coefficient (Wildman–Crippen LogP) is 1.61. The maximum Gasteiger partial charge on any atom is 0.219 e. The fourth-order valence-electron chi connectivity index (χ4n) is 2.65. The van der Waals surface area contributed by atoms with Crippen LogP contribution in [0.2, 0.25) is 0 Å². The molecule has 114 valence electrons. The number of hydrogen-bond acceptors (Lipinski definition) is 2. The summed E-state index contributed by atoms with van der Waals surface area (Å²) in [6.07, 6.45) is 5.25. The number of amides is 1. The monoisotopic (exact) mass is 289 g/mol. The van der Waals surface area contributed by atoms with Gasteiger partial charge in [0, 0.05) is 18.7 Å². The molecular formula is C16H23N3O2. The summed E-state index contributed by atoms with van der Waals surface area (Å²) in [7, 11) is 0. The number of carbonyl (C=O) groups excluding carboxylic acids is 2. The van der Waals surface area contributed by atoms with Gasteiger partial charge in [0.05, 0.1) is 6.04 Å². The second-order valence-corrected chi connectivity index (χ2v) is 5.93. The number of pyridine rings is 1. The number of hydrogen-bond donors (Lipinski definition) is 0. The normalized spacial score (nSPS) is 19.8. The molecule has 0 aromatic carbocycles. The molecule has 5 heteroatoms. The first kappa shape index (κ1) is 15.6. The van der Waals surface area contributed by atoms with Crippen LogP contribution in [0.3, 0.4) is 0 Å². The molecule has 1 aliphatic heterocycles. The average molecular weight is 289 g/mol. The number of ketones is 1. The zero-order valence-corrected chi connectivity index (χ0v) is 12.7. The summed E-state index contributed by atoms with van der Waals surface area (Å²) in [5.41, 5.74) is 7.94. The standard InChI is InChI=1S/C16H23N3O2/c1-12(2)15(17)16(21)19-10-6-7-13(19)14(20)11-18-8-4-3-5-9-18/h3-5,8-9,12-13,15,17H,6-7,10-11H2,1-2H3/t13-,15-/m0/s1. The molecule has 0 saturated carbocycles. The van der Waals surface area contributed by atoms with E-state index in [1.165, 1.54) is 0 Å². The summed E-state index contributed by atoms with van der Waals surface area (Å²) in [6.45, 7) is 4.60. The second kappa shape index (κ2) is 6.80. The van der Waals surface area contributed by atoms with Crippen molar-refractivity contribution in [2.45, 2.75) is 45.3 Å². The molecule has 1 saturated heterocycles. The number of nitrogens with zero attached hydrogens (tertiary/aromatic N) is 2. The zero-order chi connectivity index (χ0) is 15.4. The largest absolute Gasteiger partial charge is 0.667 e. The molecule has 0 unspecified atom stereocenters. The van der Waals surface area contributed by atoms with E-state index in [1.807, 2.05) is 49.0 Å². The highest BCUT2D eigenvalue weighted by Crippen LogP contribution is 2.21.